The van der Waals surface area contributed by atoms with Crippen LogP contribution in [0.3, 0.4) is 0 Å². The third-order valence-electron chi connectivity index (χ3n) is 6.36. The van der Waals surface area contributed by atoms with Gasteiger partial charge in [-0.25, -0.2) is 4.39 Å². The number of hydrogen-bond donors (Lipinski definition) is 0. The Balaban J connectivity index is 1.72. The van der Waals surface area contributed by atoms with E-state index in [1.54, 1.807) is 24.1 Å². The summed E-state index contributed by atoms with van der Waals surface area (Å²) in [6.45, 7) is 4.39. The van der Waals surface area contributed by atoms with Gasteiger partial charge in [0.25, 0.3) is 5.91 Å². The fraction of sp³-hybridized carbons (Fsp3) is 0.407. The van der Waals surface area contributed by atoms with E-state index in [0.29, 0.717) is 37.7 Å². The minimum Gasteiger partial charge on any atom is -0.385 e. The number of methoxy groups -OCH3 is 1. The fourth-order valence-corrected chi connectivity index (χ4v) is 4.54. The molecule has 1 aromatic heterocycles. The summed E-state index contributed by atoms with van der Waals surface area (Å²) >= 11 is 0. The number of ether oxygens (including phenoxy) is 1. The van der Waals surface area contributed by atoms with Crippen LogP contribution in [0.2, 0.25) is 0 Å². The highest BCUT2D eigenvalue weighted by atomic mass is 19.1. The summed E-state index contributed by atoms with van der Waals surface area (Å²) < 4.78 is 25.1. The van der Waals surface area contributed by atoms with E-state index in [1.165, 1.54) is 18.6 Å². The van der Waals surface area contributed by atoms with Crippen molar-refractivity contribution in [1.82, 2.24) is 10.1 Å². The van der Waals surface area contributed by atoms with Gasteiger partial charge in [0.1, 0.15) is 11.5 Å². The van der Waals surface area contributed by atoms with Crippen LogP contribution in [0.4, 0.5) is 10.3 Å². The highest BCUT2D eigenvalue weighted by Crippen LogP contribution is 2.35. The van der Waals surface area contributed by atoms with E-state index in [4.69, 9.17) is 9.26 Å². The zero-order valence-electron chi connectivity index (χ0n) is 19.9. The van der Waals surface area contributed by atoms with Gasteiger partial charge in [-0.05, 0) is 50.8 Å². The Morgan fingerprint density at radius 2 is 2.03 bits per heavy atom. The van der Waals surface area contributed by atoms with Gasteiger partial charge in [0.2, 0.25) is 5.88 Å². The summed E-state index contributed by atoms with van der Waals surface area (Å²) in [6, 6.07) is 16.0. The summed E-state index contributed by atoms with van der Waals surface area (Å²) in [5.41, 5.74) is 2.87. The number of anilines is 1. The molecule has 1 aliphatic rings. The molecule has 0 bridgehead atoms. The predicted molar refractivity (Wildman–Crippen MR) is 130 cm³/mol. The number of amides is 1. The van der Waals surface area contributed by atoms with E-state index >= 15 is 0 Å². The Bertz CT molecular complexity index is 1090. The number of benzene rings is 2. The number of rotatable bonds is 9. The number of halogens is 1. The highest BCUT2D eigenvalue weighted by molar-refractivity contribution is 5.94. The van der Waals surface area contributed by atoms with Gasteiger partial charge in [-0.1, -0.05) is 41.6 Å². The molecule has 7 heteroatoms. The van der Waals surface area contributed by atoms with Crippen molar-refractivity contribution in [3.05, 3.63) is 71.5 Å². The SMILES string of the molecule is COCCCN(Cc1c(-c2ccccc2)noc1N1CCCC[C@H]1C)C(=O)c1cccc(F)c1. The van der Waals surface area contributed by atoms with Crippen molar-refractivity contribution in [2.75, 3.05) is 31.7 Å². The monoisotopic (exact) mass is 465 g/mol. The Kier molecular flexibility index (Phi) is 7.95. The van der Waals surface area contributed by atoms with Crippen LogP contribution in [0.25, 0.3) is 11.3 Å². The first-order valence-electron chi connectivity index (χ1n) is 11.9. The van der Waals surface area contributed by atoms with Gasteiger partial charge in [-0.2, -0.15) is 0 Å². The smallest absolute Gasteiger partial charge is 0.254 e. The molecule has 0 saturated carbocycles. The van der Waals surface area contributed by atoms with Crippen LogP contribution in [-0.4, -0.2) is 48.8 Å². The van der Waals surface area contributed by atoms with Crippen LogP contribution in [0.5, 0.6) is 0 Å². The predicted octanol–water partition coefficient (Wildman–Crippen LogP) is 5.54. The molecule has 1 amide bonds. The van der Waals surface area contributed by atoms with Crippen molar-refractivity contribution >= 4 is 11.8 Å². The molecule has 0 radical (unpaired) electrons. The van der Waals surface area contributed by atoms with Gasteiger partial charge in [-0.3, -0.25) is 4.79 Å². The van der Waals surface area contributed by atoms with Crippen LogP contribution in [0.1, 0.15) is 48.5 Å². The molecular formula is C27H32FN3O3. The largest absolute Gasteiger partial charge is 0.385 e. The first-order valence-corrected chi connectivity index (χ1v) is 11.9. The topological polar surface area (TPSA) is 58.8 Å². The lowest BCUT2D eigenvalue weighted by Crippen LogP contribution is -2.38. The second-order valence-corrected chi connectivity index (χ2v) is 8.80. The Morgan fingerprint density at radius 3 is 2.76 bits per heavy atom. The molecular weight excluding hydrogens is 433 g/mol. The van der Waals surface area contributed by atoms with E-state index in [1.807, 2.05) is 30.3 Å². The summed E-state index contributed by atoms with van der Waals surface area (Å²) in [4.78, 5) is 17.5. The number of carbonyl (C=O) groups is 1. The standard InChI is InChI=1S/C27H32FN3O3/c1-20-10-6-7-16-31(20)27-24(25(29-34-27)21-11-4-3-5-12-21)19-30(15-9-17-33-2)26(32)22-13-8-14-23(28)18-22/h3-5,8,11-14,18,20H,6-7,9-10,15-17,19H2,1-2H3/t20-/m1/s1. The highest BCUT2D eigenvalue weighted by Gasteiger charge is 2.30. The van der Waals surface area contributed by atoms with Crippen molar-refractivity contribution in [2.45, 2.75) is 45.2 Å². The summed E-state index contributed by atoms with van der Waals surface area (Å²) in [6.07, 6.45) is 4.03. The van der Waals surface area contributed by atoms with Crippen LogP contribution < -0.4 is 4.90 Å². The van der Waals surface area contributed by atoms with Crippen LogP contribution in [0, 0.1) is 5.82 Å². The maximum Gasteiger partial charge on any atom is 0.254 e. The molecule has 1 aliphatic heterocycles. The molecule has 180 valence electrons. The van der Waals surface area contributed by atoms with Crippen LogP contribution in [-0.2, 0) is 11.3 Å². The summed E-state index contributed by atoms with van der Waals surface area (Å²) in [5.74, 6) is 0.0590. The van der Waals surface area contributed by atoms with Gasteiger partial charge in [-0.15, -0.1) is 0 Å². The molecule has 0 unspecified atom stereocenters. The zero-order valence-corrected chi connectivity index (χ0v) is 19.9. The lowest BCUT2D eigenvalue weighted by molar-refractivity contribution is 0.0723. The lowest BCUT2D eigenvalue weighted by atomic mass is 10.0. The van der Waals surface area contributed by atoms with E-state index in [0.717, 1.165) is 42.1 Å². The number of nitrogens with zero attached hydrogens (tertiary/aromatic N) is 3. The molecule has 1 atom stereocenters. The van der Waals surface area contributed by atoms with Gasteiger partial charge in [0, 0.05) is 44.0 Å². The molecule has 2 heterocycles. The van der Waals surface area contributed by atoms with Gasteiger partial charge < -0.3 is 19.1 Å². The maximum absolute atomic E-state index is 13.9. The minimum atomic E-state index is -0.430. The molecule has 4 rings (SSSR count). The first kappa shape index (κ1) is 24.0. The van der Waals surface area contributed by atoms with Crippen molar-refractivity contribution in [3.63, 3.8) is 0 Å². The summed E-state index contributed by atoms with van der Waals surface area (Å²) in [7, 11) is 1.64. The van der Waals surface area contributed by atoms with E-state index in [9.17, 15) is 9.18 Å². The van der Waals surface area contributed by atoms with Crippen molar-refractivity contribution < 1.29 is 18.4 Å². The molecule has 1 saturated heterocycles. The number of hydrogen-bond acceptors (Lipinski definition) is 5. The Hall–Kier alpha value is -3.19. The quantitative estimate of drug-likeness (QED) is 0.389. The third-order valence-corrected chi connectivity index (χ3v) is 6.36. The maximum atomic E-state index is 13.9. The van der Waals surface area contributed by atoms with E-state index in [-0.39, 0.29) is 5.91 Å². The lowest BCUT2D eigenvalue weighted by Gasteiger charge is -2.34. The molecule has 0 N–H and O–H groups in total. The number of carbonyl (C=O) groups excluding carboxylic acids is 1. The Morgan fingerprint density at radius 1 is 1.21 bits per heavy atom. The number of aromatic nitrogens is 1. The Labute approximate surface area is 200 Å². The molecule has 1 fully saturated rings. The zero-order chi connectivity index (χ0) is 23.9. The summed E-state index contributed by atoms with van der Waals surface area (Å²) in [5, 5.41) is 4.45. The molecule has 2 aromatic carbocycles. The fourth-order valence-electron chi connectivity index (χ4n) is 4.54. The van der Waals surface area contributed by atoms with Gasteiger partial charge in [0.05, 0.1) is 12.1 Å². The van der Waals surface area contributed by atoms with E-state index in [2.05, 4.69) is 17.0 Å². The van der Waals surface area contributed by atoms with Crippen LogP contribution in [0.15, 0.2) is 59.1 Å². The number of piperidine rings is 1. The molecule has 3 aromatic rings. The van der Waals surface area contributed by atoms with E-state index < -0.39 is 5.82 Å². The van der Waals surface area contributed by atoms with Crippen LogP contribution >= 0.6 is 0 Å². The second-order valence-electron chi connectivity index (χ2n) is 8.80. The minimum absolute atomic E-state index is 0.228. The van der Waals surface area contributed by atoms with Gasteiger partial charge in [0.15, 0.2) is 0 Å². The average Bonchev–Trinajstić information content (AvgIpc) is 3.27. The van der Waals surface area contributed by atoms with Crippen molar-refractivity contribution in [1.29, 1.82) is 0 Å². The molecule has 0 aliphatic carbocycles. The average molecular weight is 466 g/mol. The molecule has 0 spiro atoms. The molecule has 34 heavy (non-hydrogen) atoms. The first-order chi connectivity index (χ1) is 16.6. The second kappa shape index (κ2) is 11.3. The normalized spacial score (nSPS) is 16.0. The molecule has 6 nitrogen and oxygen atoms in total. The third kappa shape index (κ3) is 5.47. The van der Waals surface area contributed by atoms with Crippen molar-refractivity contribution in [3.8, 4) is 11.3 Å². The van der Waals surface area contributed by atoms with Gasteiger partial charge >= 0.3 is 0 Å². The van der Waals surface area contributed by atoms with Crippen molar-refractivity contribution in [2.24, 2.45) is 0 Å².